The Morgan fingerprint density at radius 1 is 1.33 bits per heavy atom. The predicted octanol–water partition coefficient (Wildman–Crippen LogP) is 2.54. The molecular formula is C16H21FN2O2. The number of amides is 2. The normalized spacial score (nSPS) is 26.0. The summed E-state index contributed by atoms with van der Waals surface area (Å²) in [7, 11) is 0. The van der Waals surface area contributed by atoms with Crippen LogP contribution in [0.15, 0.2) is 18.2 Å². The van der Waals surface area contributed by atoms with Gasteiger partial charge in [-0.1, -0.05) is 19.9 Å². The van der Waals surface area contributed by atoms with E-state index in [4.69, 9.17) is 0 Å². The summed E-state index contributed by atoms with van der Waals surface area (Å²) in [4.78, 5) is 26.6. The van der Waals surface area contributed by atoms with Gasteiger partial charge in [-0.05, 0) is 38.8 Å². The van der Waals surface area contributed by atoms with Crippen LogP contribution < -0.4 is 10.2 Å². The summed E-state index contributed by atoms with van der Waals surface area (Å²) in [5, 5.41) is 2.80. The molecule has 4 nitrogen and oxygen atoms in total. The molecule has 1 aromatic carbocycles. The fourth-order valence-corrected chi connectivity index (χ4v) is 2.68. The van der Waals surface area contributed by atoms with Crippen LogP contribution in [0.3, 0.4) is 0 Å². The summed E-state index contributed by atoms with van der Waals surface area (Å²) in [5.74, 6) is -0.755. The lowest BCUT2D eigenvalue weighted by Crippen LogP contribution is -2.69. The Hall–Kier alpha value is -1.91. The van der Waals surface area contributed by atoms with Crippen LogP contribution >= 0.6 is 0 Å². The molecule has 1 aliphatic heterocycles. The zero-order valence-corrected chi connectivity index (χ0v) is 12.9. The first-order valence-corrected chi connectivity index (χ1v) is 7.26. The predicted molar refractivity (Wildman–Crippen MR) is 79.5 cm³/mol. The monoisotopic (exact) mass is 292 g/mol. The van der Waals surface area contributed by atoms with Crippen LogP contribution in [0.5, 0.6) is 0 Å². The van der Waals surface area contributed by atoms with Crippen LogP contribution in [0.2, 0.25) is 0 Å². The quantitative estimate of drug-likeness (QED) is 0.930. The number of rotatable bonds is 3. The topological polar surface area (TPSA) is 49.4 Å². The van der Waals surface area contributed by atoms with E-state index >= 15 is 0 Å². The lowest BCUT2D eigenvalue weighted by molar-refractivity contribution is -0.138. The lowest BCUT2D eigenvalue weighted by Gasteiger charge is -2.44. The van der Waals surface area contributed by atoms with Crippen molar-refractivity contribution >= 4 is 17.5 Å². The highest BCUT2D eigenvalue weighted by Gasteiger charge is 2.47. The molecule has 1 saturated heterocycles. The number of nitrogens with zero attached hydrogens (tertiary/aromatic N) is 1. The van der Waals surface area contributed by atoms with Crippen molar-refractivity contribution in [3.05, 3.63) is 29.6 Å². The second-order valence-electron chi connectivity index (χ2n) is 5.66. The molecule has 0 spiro atoms. The second kappa shape index (κ2) is 5.47. The maximum Gasteiger partial charge on any atom is 0.253 e. The minimum absolute atomic E-state index is 0.190. The Morgan fingerprint density at radius 3 is 2.57 bits per heavy atom. The maximum atomic E-state index is 13.8. The van der Waals surface area contributed by atoms with Gasteiger partial charge in [0.25, 0.3) is 5.91 Å². The van der Waals surface area contributed by atoms with Gasteiger partial charge < -0.3 is 5.32 Å². The fourth-order valence-electron chi connectivity index (χ4n) is 2.68. The number of hydrogen-bond donors (Lipinski definition) is 1. The van der Waals surface area contributed by atoms with Crippen molar-refractivity contribution in [2.45, 2.75) is 52.1 Å². The van der Waals surface area contributed by atoms with Crippen molar-refractivity contribution in [3.63, 3.8) is 0 Å². The Labute approximate surface area is 124 Å². The molecule has 1 N–H and O–H groups in total. The second-order valence-corrected chi connectivity index (χ2v) is 5.66. The van der Waals surface area contributed by atoms with Crippen LogP contribution in [-0.4, -0.2) is 23.4 Å². The molecule has 21 heavy (non-hydrogen) atoms. The van der Waals surface area contributed by atoms with Gasteiger partial charge in [0.05, 0.1) is 5.69 Å². The van der Waals surface area contributed by atoms with Gasteiger partial charge in [0.2, 0.25) is 5.91 Å². The van der Waals surface area contributed by atoms with Crippen molar-refractivity contribution < 1.29 is 14.0 Å². The highest BCUT2D eigenvalue weighted by molar-refractivity contribution is 6.10. The van der Waals surface area contributed by atoms with E-state index in [0.29, 0.717) is 24.1 Å². The van der Waals surface area contributed by atoms with Crippen molar-refractivity contribution in [2.24, 2.45) is 0 Å². The zero-order chi connectivity index (χ0) is 15.8. The molecule has 0 aromatic heterocycles. The average molecular weight is 292 g/mol. The molecule has 114 valence electrons. The van der Waals surface area contributed by atoms with Crippen molar-refractivity contribution in [3.8, 4) is 0 Å². The molecule has 0 bridgehead atoms. The number of nitrogens with one attached hydrogen (secondary N) is 1. The summed E-state index contributed by atoms with van der Waals surface area (Å²) in [5.41, 5.74) is -0.0829. The molecule has 1 heterocycles. The molecule has 1 aliphatic rings. The van der Waals surface area contributed by atoms with E-state index in [0.717, 1.165) is 0 Å². The summed E-state index contributed by atoms with van der Waals surface area (Å²) in [6, 6.07) is 4.01. The highest BCUT2D eigenvalue weighted by Crippen LogP contribution is 2.31. The highest BCUT2D eigenvalue weighted by atomic mass is 19.1. The van der Waals surface area contributed by atoms with E-state index in [1.807, 2.05) is 13.8 Å². The van der Waals surface area contributed by atoms with Crippen LogP contribution in [0, 0.1) is 12.7 Å². The summed E-state index contributed by atoms with van der Waals surface area (Å²) in [6.45, 7) is 7.02. The van der Waals surface area contributed by atoms with Crippen LogP contribution in [0.1, 0.15) is 39.2 Å². The van der Waals surface area contributed by atoms with Gasteiger partial charge in [0.15, 0.2) is 0 Å². The summed E-state index contributed by atoms with van der Waals surface area (Å²) < 4.78 is 13.8. The SMILES string of the molecule is CCC1C(=O)NC(C)(CC)C(=O)N1c1cccc(F)c1C. The Morgan fingerprint density at radius 2 is 2.00 bits per heavy atom. The molecule has 5 heteroatoms. The fraction of sp³-hybridized carbons (Fsp3) is 0.500. The van der Waals surface area contributed by atoms with E-state index in [1.165, 1.54) is 11.0 Å². The lowest BCUT2D eigenvalue weighted by atomic mass is 9.90. The third kappa shape index (κ3) is 2.41. The number of hydrogen-bond acceptors (Lipinski definition) is 2. The Balaban J connectivity index is 2.58. The van der Waals surface area contributed by atoms with Crippen molar-refractivity contribution in [1.82, 2.24) is 5.32 Å². The first-order chi connectivity index (χ1) is 9.85. The van der Waals surface area contributed by atoms with E-state index in [-0.39, 0.29) is 17.6 Å². The smallest absolute Gasteiger partial charge is 0.253 e. The molecule has 2 amide bonds. The molecule has 0 radical (unpaired) electrons. The third-order valence-electron chi connectivity index (χ3n) is 4.30. The standard InChI is InChI=1S/C16H21FN2O2/c1-5-12-14(20)18-16(4,6-2)15(21)19(12)13-9-7-8-11(17)10(13)3/h7-9,12H,5-6H2,1-4H3,(H,18,20). The van der Waals surface area contributed by atoms with E-state index in [2.05, 4.69) is 5.32 Å². The molecule has 0 aliphatic carbocycles. The molecule has 2 rings (SSSR count). The Kier molecular flexibility index (Phi) is 4.03. The van der Waals surface area contributed by atoms with Crippen molar-refractivity contribution in [1.29, 1.82) is 0 Å². The Bertz CT molecular complexity index is 588. The van der Waals surface area contributed by atoms with Crippen LogP contribution in [0.4, 0.5) is 10.1 Å². The molecule has 1 fully saturated rings. The number of halogens is 1. The van der Waals surface area contributed by atoms with Crippen molar-refractivity contribution in [2.75, 3.05) is 4.90 Å². The van der Waals surface area contributed by atoms with Gasteiger partial charge in [0.1, 0.15) is 17.4 Å². The van der Waals surface area contributed by atoms with E-state index in [1.54, 1.807) is 26.0 Å². The maximum absolute atomic E-state index is 13.8. The molecule has 1 aromatic rings. The summed E-state index contributed by atoms with van der Waals surface area (Å²) in [6.07, 6.45) is 0.964. The first kappa shape index (κ1) is 15.5. The zero-order valence-electron chi connectivity index (χ0n) is 12.9. The van der Waals surface area contributed by atoms with Gasteiger partial charge in [-0.15, -0.1) is 0 Å². The van der Waals surface area contributed by atoms with Gasteiger partial charge >= 0.3 is 0 Å². The van der Waals surface area contributed by atoms with Crippen LogP contribution in [0.25, 0.3) is 0 Å². The molecule has 0 saturated carbocycles. The number of anilines is 1. The van der Waals surface area contributed by atoms with Gasteiger partial charge in [-0.2, -0.15) is 0 Å². The van der Waals surface area contributed by atoms with Gasteiger partial charge in [0, 0.05) is 5.56 Å². The minimum atomic E-state index is -0.943. The number of benzene rings is 1. The van der Waals surface area contributed by atoms with Crippen LogP contribution in [-0.2, 0) is 9.59 Å². The van der Waals surface area contributed by atoms with E-state index < -0.39 is 11.6 Å². The number of carbonyl (C=O) groups is 2. The number of carbonyl (C=O) groups excluding carboxylic acids is 2. The average Bonchev–Trinajstić information content (AvgIpc) is 2.46. The molecule has 2 atom stereocenters. The van der Waals surface area contributed by atoms with Gasteiger partial charge in [-0.25, -0.2) is 4.39 Å². The van der Waals surface area contributed by atoms with E-state index in [9.17, 15) is 14.0 Å². The number of piperazine rings is 1. The van der Waals surface area contributed by atoms with Gasteiger partial charge in [-0.3, -0.25) is 14.5 Å². The summed E-state index contributed by atoms with van der Waals surface area (Å²) >= 11 is 0. The first-order valence-electron chi connectivity index (χ1n) is 7.26. The third-order valence-corrected chi connectivity index (χ3v) is 4.30. The minimum Gasteiger partial charge on any atom is -0.340 e. The largest absolute Gasteiger partial charge is 0.340 e. The molecule has 2 unspecified atom stereocenters. The molecular weight excluding hydrogens is 271 g/mol.